The molecular formula is C19H24ClN3O2. The van der Waals surface area contributed by atoms with Crippen LogP contribution in [0.3, 0.4) is 0 Å². The van der Waals surface area contributed by atoms with Crippen molar-refractivity contribution in [3.63, 3.8) is 0 Å². The first-order chi connectivity index (χ1) is 12.1. The van der Waals surface area contributed by atoms with Gasteiger partial charge in [0.2, 0.25) is 0 Å². The van der Waals surface area contributed by atoms with E-state index in [1.54, 1.807) is 4.68 Å². The lowest BCUT2D eigenvalue weighted by Crippen LogP contribution is -2.36. The van der Waals surface area contributed by atoms with E-state index in [1.807, 2.05) is 44.2 Å². The molecule has 1 saturated heterocycles. The molecule has 1 aromatic heterocycles. The van der Waals surface area contributed by atoms with Crippen molar-refractivity contribution in [3.05, 3.63) is 46.7 Å². The highest BCUT2D eigenvalue weighted by molar-refractivity contribution is 6.30. The highest BCUT2D eigenvalue weighted by Crippen LogP contribution is 2.27. The van der Waals surface area contributed by atoms with Gasteiger partial charge in [0, 0.05) is 12.1 Å². The fourth-order valence-corrected chi connectivity index (χ4v) is 3.59. The molecule has 134 valence electrons. The van der Waals surface area contributed by atoms with Crippen LogP contribution in [0.1, 0.15) is 31.0 Å². The number of ether oxygens (including phenoxy) is 1. The smallest absolute Gasteiger partial charge is 0.309 e. The Kier molecular flexibility index (Phi) is 5.76. The maximum absolute atomic E-state index is 11.9. The molecule has 1 fully saturated rings. The minimum atomic E-state index is -0.0618. The summed E-state index contributed by atoms with van der Waals surface area (Å²) >= 11 is 6.60. The minimum Gasteiger partial charge on any atom is -0.466 e. The number of rotatable bonds is 5. The van der Waals surface area contributed by atoms with E-state index in [2.05, 4.69) is 10.00 Å². The summed E-state index contributed by atoms with van der Waals surface area (Å²) in [5.41, 5.74) is 2.96. The first kappa shape index (κ1) is 18.0. The maximum Gasteiger partial charge on any atom is 0.309 e. The summed E-state index contributed by atoms with van der Waals surface area (Å²) in [6, 6.07) is 9.91. The van der Waals surface area contributed by atoms with Crippen LogP contribution in [0.2, 0.25) is 5.15 Å². The van der Waals surface area contributed by atoms with Gasteiger partial charge in [-0.25, -0.2) is 4.68 Å². The van der Waals surface area contributed by atoms with Gasteiger partial charge >= 0.3 is 5.97 Å². The molecule has 2 heterocycles. The summed E-state index contributed by atoms with van der Waals surface area (Å²) < 4.78 is 6.92. The van der Waals surface area contributed by atoms with Crippen molar-refractivity contribution in [1.29, 1.82) is 0 Å². The molecule has 0 unspecified atom stereocenters. The Hall–Kier alpha value is -1.85. The molecule has 0 spiro atoms. The molecule has 0 N–H and O–H groups in total. The van der Waals surface area contributed by atoms with Crippen LogP contribution in [0.15, 0.2) is 30.3 Å². The molecule has 0 atom stereocenters. The zero-order valence-corrected chi connectivity index (χ0v) is 15.5. The monoisotopic (exact) mass is 361 g/mol. The lowest BCUT2D eigenvalue weighted by atomic mass is 9.96. The summed E-state index contributed by atoms with van der Waals surface area (Å²) in [4.78, 5) is 14.2. The molecule has 1 aromatic carbocycles. The van der Waals surface area contributed by atoms with Crippen LogP contribution in [0.25, 0.3) is 5.69 Å². The largest absolute Gasteiger partial charge is 0.466 e. The first-order valence-corrected chi connectivity index (χ1v) is 9.16. The molecule has 1 aliphatic rings. The number of carbonyl (C=O) groups is 1. The molecule has 0 radical (unpaired) electrons. The third-order valence-corrected chi connectivity index (χ3v) is 5.10. The predicted molar refractivity (Wildman–Crippen MR) is 97.9 cm³/mol. The second-order valence-corrected chi connectivity index (χ2v) is 6.76. The standard InChI is InChI=1S/C19H24ClN3O2/c1-3-25-19(24)15-9-11-22(12-10-15)13-17-14(2)21-23(18(17)20)16-7-5-4-6-8-16/h4-8,15H,3,9-13H2,1-2H3. The summed E-state index contributed by atoms with van der Waals surface area (Å²) in [7, 11) is 0. The molecule has 0 aliphatic carbocycles. The van der Waals surface area contributed by atoms with Gasteiger partial charge in [0.15, 0.2) is 0 Å². The van der Waals surface area contributed by atoms with E-state index in [1.165, 1.54) is 0 Å². The van der Waals surface area contributed by atoms with Crippen LogP contribution in [-0.4, -0.2) is 40.3 Å². The molecule has 5 nitrogen and oxygen atoms in total. The molecular weight excluding hydrogens is 338 g/mol. The SMILES string of the molecule is CCOC(=O)C1CCN(Cc2c(C)nn(-c3ccccc3)c2Cl)CC1. The molecule has 0 saturated carbocycles. The Bertz CT molecular complexity index is 722. The Balaban J connectivity index is 1.67. The van der Waals surface area contributed by atoms with Crippen molar-refractivity contribution in [3.8, 4) is 5.69 Å². The van der Waals surface area contributed by atoms with Gasteiger partial charge in [-0.1, -0.05) is 29.8 Å². The average Bonchev–Trinajstić information content (AvgIpc) is 2.91. The third kappa shape index (κ3) is 4.05. The third-order valence-electron chi connectivity index (χ3n) is 4.71. The number of piperidine rings is 1. The summed E-state index contributed by atoms with van der Waals surface area (Å²) in [6.45, 7) is 6.79. The average molecular weight is 362 g/mol. The normalized spacial score (nSPS) is 16.1. The van der Waals surface area contributed by atoms with E-state index in [0.717, 1.165) is 49.4 Å². The van der Waals surface area contributed by atoms with Gasteiger partial charge in [0.25, 0.3) is 0 Å². The summed E-state index contributed by atoms with van der Waals surface area (Å²) in [5.74, 6) is -0.0342. The minimum absolute atomic E-state index is 0.0276. The Morgan fingerprint density at radius 3 is 2.60 bits per heavy atom. The quantitative estimate of drug-likeness (QED) is 0.763. The lowest BCUT2D eigenvalue weighted by Gasteiger charge is -2.30. The zero-order chi connectivity index (χ0) is 17.8. The van der Waals surface area contributed by atoms with Gasteiger partial charge in [-0.05, 0) is 51.9 Å². The van der Waals surface area contributed by atoms with Gasteiger partial charge in [0.1, 0.15) is 5.15 Å². The summed E-state index contributed by atoms with van der Waals surface area (Å²) in [6.07, 6.45) is 1.67. The van der Waals surface area contributed by atoms with E-state index in [9.17, 15) is 4.79 Å². The molecule has 2 aromatic rings. The van der Waals surface area contributed by atoms with Crippen LogP contribution in [0.5, 0.6) is 0 Å². The van der Waals surface area contributed by atoms with Gasteiger partial charge in [-0.15, -0.1) is 0 Å². The number of aromatic nitrogens is 2. The molecule has 1 aliphatic heterocycles. The first-order valence-electron chi connectivity index (χ1n) is 8.78. The van der Waals surface area contributed by atoms with Gasteiger partial charge in [-0.3, -0.25) is 9.69 Å². The lowest BCUT2D eigenvalue weighted by molar-refractivity contribution is -0.149. The maximum atomic E-state index is 11.9. The number of carbonyl (C=O) groups excluding carboxylic acids is 1. The molecule has 0 bridgehead atoms. The van der Waals surface area contributed by atoms with Crippen LogP contribution in [-0.2, 0) is 16.1 Å². The number of nitrogens with zero attached hydrogens (tertiary/aromatic N) is 3. The van der Waals surface area contributed by atoms with E-state index >= 15 is 0 Å². The van der Waals surface area contributed by atoms with Crippen molar-refractivity contribution >= 4 is 17.6 Å². The number of benzene rings is 1. The number of aryl methyl sites for hydroxylation is 1. The Morgan fingerprint density at radius 1 is 1.28 bits per heavy atom. The highest BCUT2D eigenvalue weighted by Gasteiger charge is 2.27. The van der Waals surface area contributed by atoms with Crippen LogP contribution in [0, 0.1) is 12.8 Å². The van der Waals surface area contributed by atoms with Crippen LogP contribution < -0.4 is 0 Å². The number of likely N-dealkylation sites (tertiary alicyclic amines) is 1. The highest BCUT2D eigenvalue weighted by atomic mass is 35.5. The van der Waals surface area contributed by atoms with Gasteiger partial charge in [0.05, 0.1) is 23.9 Å². The molecule has 0 amide bonds. The fraction of sp³-hybridized carbons (Fsp3) is 0.474. The zero-order valence-electron chi connectivity index (χ0n) is 14.7. The van der Waals surface area contributed by atoms with Crippen LogP contribution in [0.4, 0.5) is 0 Å². The number of esters is 1. The molecule has 3 rings (SSSR count). The Labute approximate surface area is 153 Å². The van der Waals surface area contributed by atoms with E-state index in [-0.39, 0.29) is 11.9 Å². The number of halogens is 1. The van der Waals surface area contributed by atoms with Crippen molar-refractivity contribution < 1.29 is 9.53 Å². The Morgan fingerprint density at radius 2 is 1.96 bits per heavy atom. The number of hydrogen-bond donors (Lipinski definition) is 0. The van der Waals surface area contributed by atoms with Crippen molar-refractivity contribution in [1.82, 2.24) is 14.7 Å². The van der Waals surface area contributed by atoms with E-state index < -0.39 is 0 Å². The predicted octanol–water partition coefficient (Wildman–Crippen LogP) is 3.61. The van der Waals surface area contributed by atoms with Crippen molar-refractivity contribution in [2.75, 3.05) is 19.7 Å². The van der Waals surface area contributed by atoms with Crippen molar-refractivity contribution in [2.24, 2.45) is 5.92 Å². The fourth-order valence-electron chi connectivity index (χ4n) is 3.26. The second kappa shape index (κ2) is 8.02. The second-order valence-electron chi connectivity index (χ2n) is 6.40. The molecule has 6 heteroatoms. The van der Waals surface area contributed by atoms with Gasteiger partial charge < -0.3 is 4.74 Å². The topological polar surface area (TPSA) is 47.4 Å². The molecule has 25 heavy (non-hydrogen) atoms. The number of para-hydroxylation sites is 1. The van der Waals surface area contributed by atoms with Crippen molar-refractivity contribution in [2.45, 2.75) is 33.2 Å². The van der Waals surface area contributed by atoms with Gasteiger partial charge in [-0.2, -0.15) is 5.10 Å². The summed E-state index contributed by atoms with van der Waals surface area (Å²) in [5, 5.41) is 5.26. The van der Waals surface area contributed by atoms with E-state index in [0.29, 0.717) is 11.8 Å². The number of hydrogen-bond acceptors (Lipinski definition) is 4. The van der Waals surface area contributed by atoms with E-state index in [4.69, 9.17) is 16.3 Å². The van der Waals surface area contributed by atoms with Crippen LogP contribution >= 0.6 is 11.6 Å².